The van der Waals surface area contributed by atoms with E-state index in [-0.39, 0.29) is 6.04 Å². The third kappa shape index (κ3) is 3.22. The van der Waals surface area contributed by atoms with Crippen LogP contribution in [0.5, 0.6) is 0 Å². The van der Waals surface area contributed by atoms with E-state index in [1.54, 1.807) is 11.3 Å². The first-order valence-corrected chi connectivity index (χ1v) is 8.02. The Morgan fingerprint density at radius 2 is 2.11 bits per heavy atom. The van der Waals surface area contributed by atoms with Gasteiger partial charge in [0.1, 0.15) is 14.4 Å². The molecule has 0 saturated heterocycles. The molecule has 0 spiro atoms. The number of nitrogens with one attached hydrogen (secondary N) is 1. The lowest BCUT2D eigenvalue weighted by Crippen LogP contribution is -2.18. The molecule has 98 valence electrons. The summed E-state index contributed by atoms with van der Waals surface area (Å²) in [5, 5.41) is 13.6. The molecule has 0 amide bonds. The molecule has 1 N–H and O–H groups in total. The zero-order valence-electron chi connectivity index (χ0n) is 10.0. The Labute approximate surface area is 124 Å². The van der Waals surface area contributed by atoms with Crippen LogP contribution in [0.2, 0.25) is 8.67 Å². The Bertz CT molecular complexity index is 524. The van der Waals surface area contributed by atoms with E-state index in [1.807, 2.05) is 6.07 Å². The smallest absolute Gasteiger partial charge is 0.150 e. The zero-order chi connectivity index (χ0) is 13.1. The summed E-state index contributed by atoms with van der Waals surface area (Å²) in [6.45, 7) is 5.20. The Hall–Kier alpha value is -0.200. The molecule has 7 heteroatoms. The second kappa shape index (κ2) is 6.30. The summed E-state index contributed by atoms with van der Waals surface area (Å²) < 4.78 is 1.33. The van der Waals surface area contributed by atoms with Crippen LogP contribution in [0.3, 0.4) is 0 Å². The van der Waals surface area contributed by atoms with Crippen LogP contribution in [0.1, 0.15) is 31.3 Å². The van der Waals surface area contributed by atoms with Crippen LogP contribution in [-0.4, -0.2) is 16.7 Å². The van der Waals surface area contributed by atoms with Crippen LogP contribution in [0.25, 0.3) is 10.6 Å². The van der Waals surface area contributed by atoms with E-state index in [1.165, 1.54) is 11.3 Å². The van der Waals surface area contributed by atoms with Crippen LogP contribution in [0, 0.1) is 0 Å². The maximum absolute atomic E-state index is 6.11. The maximum atomic E-state index is 6.11. The molecular weight excluding hydrogens is 309 g/mol. The molecule has 0 fully saturated rings. The quantitative estimate of drug-likeness (QED) is 0.872. The minimum atomic E-state index is 0.212. The Morgan fingerprint density at radius 1 is 1.33 bits per heavy atom. The Kier molecular flexibility index (Phi) is 4.98. The van der Waals surface area contributed by atoms with Gasteiger partial charge in [-0.3, -0.25) is 0 Å². The second-order valence-electron chi connectivity index (χ2n) is 3.86. The van der Waals surface area contributed by atoms with E-state index in [0.29, 0.717) is 8.67 Å². The lowest BCUT2D eigenvalue weighted by molar-refractivity contribution is 0.564. The van der Waals surface area contributed by atoms with Crippen LogP contribution in [0.15, 0.2) is 6.07 Å². The van der Waals surface area contributed by atoms with Crippen molar-refractivity contribution in [1.29, 1.82) is 0 Å². The van der Waals surface area contributed by atoms with E-state index in [4.69, 9.17) is 23.2 Å². The van der Waals surface area contributed by atoms with Gasteiger partial charge >= 0.3 is 0 Å². The molecule has 0 saturated carbocycles. The Balaban J connectivity index is 2.17. The first-order chi connectivity index (χ1) is 8.61. The predicted molar refractivity (Wildman–Crippen MR) is 80.0 cm³/mol. The highest BCUT2D eigenvalue weighted by atomic mass is 35.5. The number of hydrogen-bond donors (Lipinski definition) is 1. The SMILES string of the molecule is CCCNC(C)c1nnc(-c2cc(Cl)sc2Cl)s1. The number of aromatic nitrogens is 2. The standard InChI is InChI=1S/C11H13Cl2N3S2/c1-3-4-14-6(2)10-15-16-11(18-10)7-5-8(12)17-9(7)13/h5-6,14H,3-4H2,1-2H3. The number of halogens is 2. The van der Waals surface area contributed by atoms with Crippen molar-refractivity contribution in [2.75, 3.05) is 6.54 Å². The highest BCUT2D eigenvalue weighted by Crippen LogP contribution is 2.39. The highest BCUT2D eigenvalue weighted by molar-refractivity contribution is 7.21. The van der Waals surface area contributed by atoms with Gasteiger partial charge in [0.2, 0.25) is 0 Å². The van der Waals surface area contributed by atoms with Crippen molar-refractivity contribution in [3.05, 3.63) is 19.7 Å². The van der Waals surface area contributed by atoms with Gasteiger partial charge in [-0.05, 0) is 26.0 Å². The summed E-state index contributed by atoms with van der Waals surface area (Å²) >= 11 is 14.9. The fourth-order valence-electron chi connectivity index (χ4n) is 1.45. The second-order valence-corrected chi connectivity index (χ2v) is 7.15. The van der Waals surface area contributed by atoms with E-state index < -0.39 is 0 Å². The zero-order valence-corrected chi connectivity index (χ0v) is 13.2. The van der Waals surface area contributed by atoms with Crippen LogP contribution >= 0.6 is 45.9 Å². The lowest BCUT2D eigenvalue weighted by Gasteiger charge is -2.08. The largest absolute Gasteiger partial charge is 0.308 e. The van der Waals surface area contributed by atoms with E-state index in [9.17, 15) is 0 Å². The molecule has 0 aliphatic carbocycles. The van der Waals surface area contributed by atoms with Crippen LogP contribution in [-0.2, 0) is 0 Å². The summed E-state index contributed by atoms with van der Waals surface area (Å²) in [6, 6.07) is 2.05. The first kappa shape index (κ1) is 14.2. The van der Waals surface area contributed by atoms with Crippen molar-refractivity contribution < 1.29 is 0 Å². The third-order valence-corrected chi connectivity index (χ3v) is 5.03. The van der Waals surface area contributed by atoms with E-state index in [0.717, 1.165) is 28.5 Å². The summed E-state index contributed by atoms with van der Waals surface area (Å²) in [5.74, 6) is 0. The molecule has 1 unspecified atom stereocenters. The molecule has 0 bridgehead atoms. The van der Waals surface area contributed by atoms with Crippen molar-refractivity contribution in [2.24, 2.45) is 0 Å². The molecule has 2 heterocycles. The molecule has 2 aromatic rings. The van der Waals surface area contributed by atoms with Gasteiger partial charge in [-0.2, -0.15) is 0 Å². The Morgan fingerprint density at radius 3 is 2.72 bits per heavy atom. The minimum absolute atomic E-state index is 0.212. The van der Waals surface area contributed by atoms with Crippen molar-refractivity contribution in [1.82, 2.24) is 15.5 Å². The van der Waals surface area contributed by atoms with Gasteiger partial charge in [-0.25, -0.2) is 0 Å². The van der Waals surface area contributed by atoms with Gasteiger partial charge in [0.05, 0.1) is 10.4 Å². The van der Waals surface area contributed by atoms with Crippen molar-refractivity contribution >= 4 is 45.9 Å². The molecule has 0 radical (unpaired) electrons. The predicted octanol–water partition coefficient (Wildman–Crippen LogP) is 4.63. The molecule has 0 aliphatic heterocycles. The molecule has 2 rings (SSSR count). The molecule has 18 heavy (non-hydrogen) atoms. The van der Waals surface area contributed by atoms with Crippen LogP contribution in [0.4, 0.5) is 0 Å². The van der Waals surface area contributed by atoms with Gasteiger partial charge in [0.25, 0.3) is 0 Å². The maximum Gasteiger partial charge on any atom is 0.150 e. The third-order valence-electron chi connectivity index (χ3n) is 2.40. The summed E-state index contributed by atoms with van der Waals surface area (Å²) in [7, 11) is 0. The van der Waals surface area contributed by atoms with E-state index in [2.05, 4.69) is 29.4 Å². The highest BCUT2D eigenvalue weighted by Gasteiger charge is 2.16. The van der Waals surface area contributed by atoms with Crippen LogP contribution < -0.4 is 5.32 Å². The summed E-state index contributed by atoms with van der Waals surface area (Å²) in [5.41, 5.74) is 0.873. The normalized spacial score (nSPS) is 12.9. The molecule has 0 aliphatic rings. The van der Waals surface area contributed by atoms with Gasteiger partial charge in [0, 0.05) is 5.56 Å². The summed E-state index contributed by atoms with van der Waals surface area (Å²) in [6.07, 6.45) is 1.10. The van der Waals surface area contributed by atoms with Gasteiger partial charge in [-0.1, -0.05) is 41.5 Å². The monoisotopic (exact) mass is 321 g/mol. The number of thiophene rings is 1. The molecule has 2 aromatic heterocycles. The molecular formula is C11H13Cl2N3S2. The first-order valence-electron chi connectivity index (χ1n) is 5.63. The number of hydrogen-bond acceptors (Lipinski definition) is 5. The van der Waals surface area contributed by atoms with Crippen molar-refractivity contribution in [2.45, 2.75) is 26.3 Å². The topological polar surface area (TPSA) is 37.8 Å². The average molecular weight is 322 g/mol. The average Bonchev–Trinajstić information content (AvgIpc) is 2.92. The number of nitrogens with zero attached hydrogens (tertiary/aromatic N) is 2. The molecule has 1 atom stereocenters. The fourth-order valence-corrected chi connectivity index (χ4v) is 3.93. The minimum Gasteiger partial charge on any atom is -0.308 e. The lowest BCUT2D eigenvalue weighted by atomic mass is 10.3. The van der Waals surface area contributed by atoms with E-state index >= 15 is 0 Å². The summed E-state index contributed by atoms with van der Waals surface area (Å²) in [4.78, 5) is 0. The fraction of sp³-hybridized carbons (Fsp3) is 0.455. The van der Waals surface area contributed by atoms with Gasteiger partial charge in [0.15, 0.2) is 0 Å². The van der Waals surface area contributed by atoms with Crippen molar-refractivity contribution in [3.8, 4) is 10.6 Å². The molecule has 0 aromatic carbocycles. The van der Waals surface area contributed by atoms with Crippen molar-refractivity contribution in [3.63, 3.8) is 0 Å². The van der Waals surface area contributed by atoms with Gasteiger partial charge < -0.3 is 5.32 Å². The molecule has 3 nitrogen and oxygen atoms in total. The van der Waals surface area contributed by atoms with Gasteiger partial charge in [-0.15, -0.1) is 21.5 Å². The number of rotatable bonds is 5.